The molecule has 0 spiro atoms. The van der Waals surface area contributed by atoms with E-state index < -0.39 is 18.2 Å². The van der Waals surface area contributed by atoms with E-state index in [0.29, 0.717) is 19.8 Å². The number of methoxy groups -OCH3 is 1. The van der Waals surface area contributed by atoms with Crippen LogP contribution < -0.4 is 0 Å². The van der Waals surface area contributed by atoms with Gasteiger partial charge in [0.05, 0.1) is 19.8 Å². The Morgan fingerprint density at radius 3 is 2.58 bits per heavy atom. The third-order valence-electron chi connectivity index (χ3n) is 4.46. The predicted octanol–water partition coefficient (Wildman–Crippen LogP) is 2.67. The van der Waals surface area contributed by atoms with Crippen LogP contribution in [0.5, 0.6) is 0 Å². The van der Waals surface area contributed by atoms with Gasteiger partial charge in [0, 0.05) is 7.11 Å². The largest absolute Gasteiger partial charge is 0.374 e. The maximum Gasteiger partial charge on any atom is 0.186 e. The van der Waals surface area contributed by atoms with Gasteiger partial charge in [-0.25, -0.2) is 0 Å². The minimum Gasteiger partial charge on any atom is -0.374 e. The average Bonchev–Trinajstić information content (AvgIpc) is 2.96. The van der Waals surface area contributed by atoms with Crippen molar-refractivity contribution in [3.8, 4) is 0 Å². The smallest absolute Gasteiger partial charge is 0.186 e. The molecule has 0 N–H and O–H groups in total. The molecule has 2 aliphatic rings. The maximum atomic E-state index is 6.09. The second-order valence-corrected chi connectivity index (χ2v) is 6.93. The Morgan fingerprint density at radius 1 is 1.15 bits per heavy atom. The molecule has 2 aliphatic heterocycles. The molecule has 26 heavy (non-hydrogen) atoms. The van der Waals surface area contributed by atoms with Gasteiger partial charge in [0.25, 0.3) is 0 Å². The SMILES string of the molecule is C=CCO[C@@H]1[C@H](OC)O[C@H](COCc2ccccc2)[C@H]2OC(C)(C)O[C@@H]12. The number of hydrogen-bond acceptors (Lipinski definition) is 6. The van der Waals surface area contributed by atoms with Crippen molar-refractivity contribution in [3.63, 3.8) is 0 Å². The van der Waals surface area contributed by atoms with Crippen molar-refractivity contribution in [3.05, 3.63) is 48.6 Å². The van der Waals surface area contributed by atoms with Crippen LogP contribution >= 0.6 is 0 Å². The van der Waals surface area contributed by atoms with Crippen molar-refractivity contribution in [2.45, 2.75) is 56.9 Å². The molecule has 0 saturated carbocycles. The first kappa shape index (κ1) is 19.5. The van der Waals surface area contributed by atoms with Crippen LogP contribution in [0.15, 0.2) is 43.0 Å². The second-order valence-electron chi connectivity index (χ2n) is 6.93. The fourth-order valence-corrected chi connectivity index (χ4v) is 3.38. The fourth-order valence-electron chi connectivity index (χ4n) is 3.38. The van der Waals surface area contributed by atoms with Crippen molar-refractivity contribution in [2.75, 3.05) is 20.3 Å². The van der Waals surface area contributed by atoms with E-state index in [2.05, 4.69) is 6.58 Å². The van der Waals surface area contributed by atoms with E-state index in [4.69, 9.17) is 28.4 Å². The molecule has 0 amide bonds. The summed E-state index contributed by atoms with van der Waals surface area (Å²) in [5.41, 5.74) is 1.11. The van der Waals surface area contributed by atoms with E-state index in [1.165, 1.54) is 0 Å². The molecule has 0 radical (unpaired) electrons. The molecule has 3 rings (SSSR count). The summed E-state index contributed by atoms with van der Waals surface area (Å²) in [5.74, 6) is -0.713. The van der Waals surface area contributed by atoms with Crippen LogP contribution in [0.4, 0.5) is 0 Å². The lowest BCUT2D eigenvalue weighted by Crippen LogP contribution is -2.58. The standard InChI is InChI=1S/C20H28O6/c1-5-11-23-18-17-16(25-20(2,3)26-17)15(24-19(18)21-4)13-22-12-14-9-7-6-8-10-14/h5-10,15-19H,1,11-13H2,2-4H3/t15-,16-,17-,18+,19-/m1/s1. The van der Waals surface area contributed by atoms with Crippen molar-refractivity contribution < 1.29 is 28.4 Å². The second kappa shape index (κ2) is 8.61. The van der Waals surface area contributed by atoms with E-state index in [-0.39, 0.29) is 18.3 Å². The molecular weight excluding hydrogens is 336 g/mol. The van der Waals surface area contributed by atoms with Crippen molar-refractivity contribution >= 4 is 0 Å². The molecule has 6 heteroatoms. The van der Waals surface area contributed by atoms with E-state index >= 15 is 0 Å². The molecule has 5 atom stereocenters. The average molecular weight is 364 g/mol. The topological polar surface area (TPSA) is 55.4 Å². The summed E-state index contributed by atoms with van der Waals surface area (Å²) in [4.78, 5) is 0. The Kier molecular flexibility index (Phi) is 6.45. The molecule has 6 nitrogen and oxygen atoms in total. The minimum absolute atomic E-state index is 0.290. The summed E-state index contributed by atoms with van der Waals surface area (Å²) in [6, 6.07) is 10.0. The first-order valence-corrected chi connectivity index (χ1v) is 8.92. The molecule has 0 unspecified atom stereocenters. The zero-order valence-corrected chi connectivity index (χ0v) is 15.6. The molecule has 2 fully saturated rings. The molecule has 2 heterocycles. The van der Waals surface area contributed by atoms with Crippen LogP contribution in [0.1, 0.15) is 19.4 Å². The van der Waals surface area contributed by atoms with Crippen LogP contribution in [-0.2, 0) is 35.0 Å². The van der Waals surface area contributed by atoms with E-state index in [0.717, 1.165) is 5.56 Å². The highest BCUT2D eigenvalue weighted by atomic mass is 16.8. The summed E-state index contributed by atoms with van der Waals surface area (Å²) in [5, 5.41) is 0. The summed E-state index contributed by atoms with van der Waals surface area (Å²) < 4.78 is 35.5. The summed E-state index contributed by atoms with van der Waals surface area (Å²) in [6.07, 6.45) is -0.151. The van der Waals surface area contributed by atoms with E-state index in [1.54, 1.807) is 13.2 Å². The van der Waals surface area contributed by atoms with Crippen molar-refractivity contribution in [1.82, 2.24) is 0 Å². The van der Waals surface area contributed by atoms with E-state index in [1.807, 2.05) is 44.2 Å². The van der Waals surface area contributed by atoms with E-state index in [9.17, 15) is 0 Å². The third-order valence-corrected chi connectivity index (χ3v) is 4.46. The van der Waals surface area contributed by atoms with Gasteiger partial charge in [-0.1, -0.05) is 36.4 Å². The Bertz CT molecular complexity index is 575. The Labute approximate surface area is 155 Å². The highest BCUT2D eigenvalue weighted by Crippen LogP contribution is 2.39. The molecule has 0 aliphatic carbocycles. The van der Waals surface area contributed by atoms with Crippen molar-refractivity contribution in [1.29, 1.82) is 0 Å². The monoisotopic (exact) mass is 364 g/mol. The van der Waals surface area contributed by atoms with Gasteiger partial charge in [-0.05, 0) is 19.4 Å². The molecular formula is C20H28O6. The molecule has 2 saturated heterocycles. The summed E-state index contributed by atoms with van der Waals surface area (Å²) in [6.45, 7) is 8.75. The molecule has 0 aromatic heterocycles. The normalized spacial score (nSPS) is 33.0. The highest BCUT2D eigenvalue weighted by Gasteiger charge is 2.56. The van der Waals surface area contributed by atoms with Gasteiger partial charge in [0.15, 0.2) is 12.1 Å². The number of hydrogen-bond donors (Lipinski definition) is 0. The Hall–Kier alpha value is -1.28. The number of ether oxygens (including phenoxy) is 6. The molecule has 0 bridgehead atoms. The zero-order chi connectivity index (χ0) is 18.6. The van der Waals surface area contributed by atoms with Gasteiger partial charge in [-0.3, -0.25) is 0 Å². The van der Waals surface area contributed by atoms with Gasteiger partial charge < -0.3 is 28.4 Å². The predicted molar refractivity (Wildman–Crippen MR) is 95.5 cm³/mol. The van der Waals surface area contributed by atoms with Gasteiger partial charge in [-0.2, -0.15) is 0 Å². The highest BCUT2D eigenvalue weighted by molar-refractivity contribution is 5.13. The van der Waals surface area contributed by atoms with Gasteiger partial charge in [-0.15, -0.1) is 6.58 Å². The lowest BCUT2D eigenvalue weighted by molar-refractivity contribution is -0.284. The fraction of sp³-hybridized carbons (Fsp3) is 0.600. The van der Waals surface area contributed by atoms with Gasteiger partial charge in [0.2, 0.25) is 0 Å². The van der Waals surface area contributed by atoms with Gasteiger partial charge >= 0.3 is 0 Å². The summed E-state index contributed by atoms with van der Waals surface area (Å²) >= 11 is 0. The van der Waals surface area contributed by atoms with Crippen LogP contribution in [-0.4, -0.2) is 56.8 Å². The maximum absolute atomic E-state index is 6.09. The Balaban J connectivity index is 1.66. The quantitative estimate of drug-likeness (QED) is 0.661. The van der Waals surface area contributed by atoms with Crippen LogP contribution in [0.3, 0.4) is 0 Å². The van der Waals surface area contributed by atoms with Crippen LogP contribution in [0.2, 0.25) is 0 Å². The van der Waals surface area contributed by atoms with Crippen LogP contribution in [0, 0.1) is 0 Å². The number of rotatable bonds is 8. The Morgan fingerprint density at radius 2 is 1.88 bits per heavy atom. The lowest BCUT2D eigenvalue weighted by atomic mass is 9.99. The first-order chi connectivity index (χ1) is 12.5. The number of benzene rings is 1. The molecule has 144 valence electrons. The molecule has 1 aromatic rings. The third kappa shape index (κ3) is 4.52. The molecule has 1 aromatic carbocycles. The number of fused-ring (bicyclic) bond motifs is 1. The zero-order valence-electron chi connectivity index (χ0n) is 15.6. The van der Waals surface area contributed by atoms with Crippen molar-refractivity contribution in [2.24, 2.45) is 0 Å². The summed E-state index contributed by atoms with van der Waals surface area (Å²) in [7, 11) is 1.60. The van der Waals surface area contributed by atoms with Crippen LogP contribution in [0.25, 0.3) is 0 Å². The lowest BCUT2D eigenvalue weighted by Gasteiger charge is -2.41. The van der Waals surface area contributed by atoms with Gasteiger partial charge in [0.1, 0.15) is 24.4 Å². The first-order valence-electron chi connectivity index (χ1n) is 8.92. The minimum atomic E-state index is -0.713.